The number of halogens is 2. The number of carbonyl (C=O) groups excluding carboxylic acids is 1. The van der Waals surface area contributed by atoms with Crippen molar-refractivity contribution in [2.45, 2.75) is 19.3 Å². The van der Waals surface area contributed by atoms with Gasteiger partial charge >= 0.3 is 0 Å². The van der Waals surface area contributed by atoms with Gasteiger partial charge in [0.2, 0.25) is 17.6 Å². The number of amides is 1. The molecule has 0 atom stereocenters. The molecule has 6 nitrogen and oxygen atoms in total. The first kappa shape index (κ1) is 18.7. The van der Waals surface area contributed by atoms with E-state index >= 15 is 0 Å². The molecule has 0 aliphatic carbocycles. The SMILES string of the molecule is Cl.O=C(NCCc1nc(-c2ccc(Cl)cc2)no1)C1CCNCC1. The monoisotopic (exact) mass is 370 g/mol. The van der Waals surface area contributed by atoms with E-state index in [2.05, 4.69) is 20.8 Å². The fourth-order valence-corrected chi connectivity index (χ4v) is 2.72. The summed E-state index contributed by atoms with van der Waals surface area (Å²) in [6, 6.07) is 7.25. The van der Waals surface area contributed by atoms with E-state index in [4.69, 9.17) is 16.1 Å². The van der Waals surface area contributed by atoms with Gasteiger partial charge in [0.15, 0.2) is 0 Å². The molecular weight excluding hydrogens is 351 g/mol. The summed E-state index contributed by atoms with van der Waals surface area (Å²) in [5.74, 6) is 1.27. The summed E-state index contributed by atoms with van der Waals surface area (Å²) in [7, 11) is 0. The lowest BCUT2D eigenvalue weighted by atomic mass is 9.97. The van der Waals surface area contributed by atoms with E-state index < -0.39 is 0 Å². The van der Waals surface area contributed by atoms with Crippen molar-refractivity contribution in [1.29, 1.82) is 0 Å². The molecule has 0 unspecified atom stereocenters. The van der Waals surface area contributed by atoms with Gasteiger partial charge in [-0.3, -0.25) is 4.79 Å². The second-order valence-electron chi connectivity index (χ2n) is 5.58. The summed E-state index contributed by atoms with van der Waals surface area (Å²) in [6.07, 6.45) is 2.32. The van der Waals surface area contributed by atoms with Gasteiger partial charge in [0.25, 0.3) is 0 Å². The Labute approximate surface area is 151 Å². The number of nitrogens with one attached hydrogen (secondary N) is 2. The number of hydrogen-bond donors (Lipinski definition) is 2. The minimum atomic E-state index is 0. The molecule has 2 heterocycles. The average Bonchev–Trinajstić information content (AvgIpc) is 3.05. The molecule has 0 spiro atoms. The van der Waals surface area contributed by atoms with Gasteiger partial charge in [-0.15, -0.1) is 12.4 Å². The van der Waals surface area contributed by atoms with Crippen LogP contribution in [0.15, 0.2) is 28.8 Å². The van der Waals surface area contributed by atoms with E-state index in [0.29, 0.717) is 29.7 Å². The number of aromatic nitrogens is 2. The molecule has 0 bridgehead atoms. The Kier molecular flexibility index (Phi) is 7.02. The third-order valence-electron chi connectivity index (χ3n) is 3.92. The van der Waals surface area contributed by atoms with Crippen molar-refractivity contribution >= 4 is 29.9 Å². The fourth-order valence-electron chi connectivity index (χ4n) is 2.59. The molecule has 1 aliphatic heterocycles. The van der Waals surface area contributed by atoms with Gasteiger partial charge in [0, 0.05) is 29.5 Å². The minimum Gasteiger partial charge on any atom is -0.355 e. The van der Waals surface area contributed by atoms with Crippen LogP contribution in [0, 0.1) is 5.92 Å². The Hall–Kier alpha value is -1.63. The molecule has 1 aromatic carbocycles. The van der Waals surface area contributed by atoms with E-state index in [1.165, 1.54) is 0 Å². The van der Waals surface area contributed by atoms with Crippen molar-refractivity contribution in [3.05, 3.63) is 35.2 Å². The highest BCUT2D eigenvalue weighted by Crippen LogP contribution is 2.18. The quantitative estimate of drug-likeness (QED) is 0.844. The van der Waals surface area contributed by atoms with Gasteiger partial charge in [0.1, 0.15) is 0 Å². The molecule has 2 N–H and O–H groups in total. The summed E-state index contributed by atoms with van der Waals surface area (Å²) >= 11 is 5.86. The highest BCUT2D eigenvalue weighted by Gasteiger charge is 2.20. The van der Waals surface area contributed by atoms with Crippen LogP contribution >= 0.6 is 24.0 Å². The van der Waals surface area contributed by atoms with Crippen molar-refractivity contribution in [2.24, 2.45) is 5.92 Å². The Balaban J connectivity index is 0.00000208. The van der Waals surface area contributed by atoms with Crippen LogP contribution in [0.1, 0.15) is 18.7 Å². The first-order valence-electron chi connectivity index (χ1n) is 7.79. The van der Waals surface area contributed by atoms with E-state index in [0.717, 1.165) is 31.5 Å². The number of piperidine rings is 1. The third-order valence-corrected chi connectivity index (χ3v) is 4.17. The van der Waals surface area contributed by atoms with Crippen LogP contribution in [0.25, 0.3) is 11.4 Å². The topological polar surface area (TPSA) is 80.1 Å². The molecule has 0 radical (unpaired) electrons. The third kappa shape index (κ3) is 4.93. The molecule has 24 heavy (non-hydrogen) atoms. The zero-order valence-electron chi connectivity index (χ0n) is 13.1. The molecular formula is C16H20Cl2N4O2. The molecule has 8 heteroatoms. The van der Waals surface area contributed by atoms with E-state index in [1.807, 2.05) is 12.1 Å². The van der Waals surface area contributed by atoms with Crippen LogP contribution in [-0.2, 0) is 11.2 Å². The minimum absolute atomic E-state index is 0. The van der Waals surface area contributed by atoms with Crippen LogP contribution in [0.3, 0.4) is 0 Å². The number of rotatable bonds is 5. The maximum atomic E-state index is 12.0. The van der Waals surface area contributed by atoms with E-state index in [1.54, 1.807) is 12.1 Å². The summed E-state index contributed by atoms with van der Waals surface area (Å²) in [5.41, 5.74) is 0.850. The molecule has 3 rings (SSSR count). The summed E-state index contributed by atoms with van der Waals surface area (Å²) in [5, 5.41) is 10.8. The number of hydrogen-bond acceptors (Lipinski definition) is 5. The van der Waals surface area contributed by atoms with E-state index in [-0.39, 0.29) is 24.2 Å². The lowest BCUT2D eigenvalue weighted by molar-refractivity contribution is -0.125. The lowest BCUT2D eigenvalue weighted by Gasteiger charge is -2.21. The van der Waals surface area contributed by atoms with Crippen LogP contribution in [0.2, 0.25) is 5.02 Å². The van der Waals surface area contributed by atoms with Crippen molar-refractivity contribution in [2.75, 3.05) is 19.6 Å². The molecule has 0 saturated carbocycles. The van der Waals surface area contributed by atoms with Gasteiger partial charge in [-0.2, -0.15) is 4.98 Å². The second-order valence-corrected chi connectivity index (χ2v) is 6.02. The van der Waals surface area contributed by atoms with Gasteiger partial charge in [-0.25, -0.2) is 0 Å². The Bertz CT molecular complexity index is 654. The van der Waals surface area contributed by atoms with Gasteiger partial charge in [0.05, 0.1) is 0 Å². The molecule has 1 aliphatic rings. The van der Waals surface area contributed by atoms with Crippen molar-refractivity contribution in [1.82, 2.24) is 20.8 Å². The zero-order chi connectivity index (χ0) is 16.1. The van der Waals surface area contributed by atoms with Crippen LogP contribution < -0.4 is 10.6 Å². The fraction of sp³-hybridized carbons (Fsp3) is 0.438. The van der Waals surface area contributed by atoms with Crippen LogP contribution in [0.5, 0.6) is 0 Å². The largest absolute Gasteiger partial charge is 0.355 e. The standard InChI is InChI=1S/C16H19ClN4O2.ClH/c17-13-3-1-11(2-4-13)15-20-14(23-21-15)7-10-19-16(22)12-5-8-18-9-6-12;/h1-4,12,18H,5-10H2,(H,19,22);1H. The molecule has 130 valence electrons. The maximum absolute atomic E-state index is 12.0. The summed E-state index contributed by atoms with van der Waals surface area (Å²) in [6.45, 7) is 2.32. The Morgan fingerprint density at radius 2 is 2.00 bits per heavy atom. The van der Waals surface area contributed by atoms with Crippen molar-refractivity contribution < 1.29 is 9.32 Å². The van der Waals surface area contributed by atoms with Crippen LogP contribution in [-0.4, -0.2) is 35.7 Å². The highest BCUT2D eigenvalue weighted by atomic mass is 35.5. The van der Waals surface area contributed by atoms with Gasteiger partial charge in [-0.1, -0.05) is 16.8 Å². The predicted molar refractivity (Wildman–Crippen MR) is 94.3 cm³/mol. The predicted octanol–water partition coefficient (Wildman–Crippen LogP) is 2.47. The number of benzene rings is 1. The summed E-state index contributed by atoms with van der Waals surface area (Å²) < 4.78 is 5.22. The lowest BCUT2D eigenvalue weighted by Crippen LogP contribution is -2.38. The molecule has 1 saturated heterocycles. The van der Waals surface area contributed by atoms with Gasteiger partial charge < -0.3 is 15.2 Å². The van der Waals surface area contributed by atoms with Crippen molar-refractivity contribution in [3.8, 4) is 11.4 Å². The highest BCUT2D eigenvalue weighted by molar-refractivity contribution is 6.30. The number of carbonyl (C=O) groups is 1. The first-order valence-corrected chi connectivity index (χ1v) is 8.17. The first-order chi connectivity index (χ1) is 11.2. The average molecular weight is 371 g/mol. The smallest absolute Gasteiger partial charge is 0.228 e. The maximum Gasteiger partial charge on any atom is 0.228 e. The number of nitrogens with zero attached hydrogens (tertiary/aromatic N) is 2. The summed E-state index contributed by atoms with van der Waals surface area (Å²) in [4.78, 5) is 16.4. The second kappa shape index (κ2) is 9.01. The van der Waals surface area contributed by atoms with Crippen LogP contribution in [0.4, 0.5) is 0 Å². The van der Waals surface area contributed by atoms with Gasteiger partial charge in [-0.05, 0) is 50.2 Å². The molecule has 1 amide bonds. The molecule has 1 aromatic heterocycles. The Morgan fingerprint density at radius 3 is 2.71 bits per heavy atom. The normalized spacial score (nSPS) is 14.9. The Morgan fingerprint density at radius 1 is 1.29 bits per heavy atom. The molecule has 2 aromatic rings. The van der Waals surface area contributed by atoms with E-state index in [9.17, 15) is 4.79 Å². The molecule has 1 fully saturated rings. The zero-order valence-corrected chi connectivity index (χ0v) is 14.7. The van der Waals surface area contributed by atoms with Crippen molar-refractivity contribution in [3.63, 3.8) is 0 Å².